The fraction of sp³-hybridized carbons (Fsp3) is 0.900. The minimum Gasteiger partial charge on any atom is -0.441 e. The minimum absolute atomic E-state index is 0.0131. The number of piperidine rings is 1. The van der Waals surface area contributed by atoms with E-state index in [-0.39, 0.29) is 23.1 Å². The number of nitrogens with one attached hydrogen (secondary N) is 1. The summed E-state index contributed by atoms with van der Waals surface area (Å²) in [7, 11) is 0. The molecule has 0 aromatic heterocycles. The van der Waals surface area contributed by atoms with Gasteiger partial charge >= 0.3 is 6.09 Å². The summed E-state index contributed by atoms with van der Waals surface area (Å²) >= 11 is 0. The molecule has 1 N–H and O–H groups in total. The largest absolute Gasteiger partial charge is 0.441 e. The van der Waals surface area contributed by atoms with Crippen LogP contribution >= 0.6 is 0 Å². The van der Waals surface area contributed by atoms with Gasteiger partial charge in [0.1, 0.15) is 5.60 Å². The van der Waals surface area contributed by atoms with E-state index in [0.717, 1.165) is 51.9 Å². The number of amides is 2. The number of nitrogens with zero attached hydrogens (tertiary/aromatic N) is 2. The van der Waals surface area contributed by atoms with Crippen molar-refractivity contribution in [3.63, 3.8) is 0 Å². The summed E-state index contributed by atoms with van der Waals surface area (Å²) in [5.74, 6) is 0.605. The van der Waals surface area contributed by atoms with Crippen molar-refractivity contribution in [2.75, 3.05) is 26.2 Å². The fourth-order valence-corrected chi connectivity index (χ4v) is 4.31. The van der Waals surface area contributed by atoms with Gasteiger partial charge in [-0.2, -0.15) is 0 Å². The van der Waals surface area contributed by atoms with Gasteiger partial charge in [-0.05, 0) is 39.5 Å². The molecule has 6 nitrogen and oxygen atoms in total. The van der Waals surface area contributed by atoms with Crippen LogP contribution in [0.15, 0.2) is 0 Å². The van der Waals surface area contributed by atoms with Gasteiger partial charge < -0.3 is 19.9 Å². The van der Waals surface area contributed by atoms with Gasteiger partial charge in [-0.25, -0.2) is 4.79 Å². The van der Waals surface area contributed by atoms with Crippen molar-refractivity contribution in [3.8, 4) is 0 Å². The van der Waals surface area contributed by atoms with Crippen LogP contribution < -0.4 is 5.32 Å². The fourth-order valence-electron chi connectivity index (χ4n) is 4.31. The normalized spacial score (nSPS) is 22.0. The van der Waals surface area contributed by atoms with Gasteiger partial charge in [0.15, 0.2) is 0 Å². The first-order valence-corrected chi connectivity index (χ1v) is 10.0. The van der Waals surface area contributed by atoms with Gasteiger partial charge in [0, 0.05) is 51.0 Å². The quantitative estimate of drug-likeness (QED) is 0.751. The number of rotatable bonds is 7. The third-order valence-electron chi connectivity index (χ3n) is 5.67. The first-order chi connectivity index (χ1) is 12.0. The van der Waals surface area contributed by atoms with Crippen molar-refractivity contribution >= 4 is 12.0 Å². The Bertz CT molecular complexity index is 510. The molecule has 0 aromatic rings. The predicted octanol–water partition coefficient (Wildman–Crippen LogP) is 3.01. The van der Waals surface area contributed by atoms with Crippen molar-refractivity contribution in [1.29, 1.82) is 0 Å². The number of carbonyl (C=O) groups is 2. The van der Waals surface area contributed by atoms with Crippen LogP contribution in [0.5, 0.6) is 0 Å². The second kappa shape index (κ2) is 8.15. The van der Waals surface area contributed by atoms with Crippen LogP contribution in [0.2, 0.25) is 0 Å². The molecule has 0 bridgehead atoms. The molecule has 2 amide bonds. The van der Waals surface area contributed by atoms with E-state index in [0.29, 0.717) is 12.0 Å². The summed E-state index contributed by atoms with van der Waals surface area (Å²) in [6.07, 6.45) is 3.56. The molecule has 2 fully saturated rings. The Balaban J connectivity index is 1.85. The highest BCUT2D eigenvalue weighted by Crippen LogP contribution is 2.34. The molecule has 2 aliphatic heterocycles. The van der Waals surface area contributed by atoms with Gasteiger partial charge in [-0.1, -0.05) is 13.8 Å². The first kappa shape index (κ1) is 21.0. The van der Waals surface area contributed by atoms with Gasteiger partial charge in [-0.15, -0.1) is 0 Å². The number of hydrogen-bond acceptors (Lipinski definition) is 4. The molecule has 6 heteroatoms. The van der Waals surface area contributed by atoms with Crippen molar-refractivity contribution in [2.45, 2.75) is 84.4 Å². The highest BCUT2D eigenvalue weighted by molar-refractivity contribution is 5.73. The van der Waals surface area contributed by atoms with Crippen molar-refractivity contribution < 1.29 is 14.3 Å². The SMILES string of the molecule is CC(=O)NC(C)(C)CC(C)N1CCC2(CC1)CN(CCC(C)C)C(=O)O2. The Morgan fingerprint density at radius 3 is 2.42 bits per heavy atom. The summed E-state index contributed by atoms with van der Waals surface area (Å²) in [6, 6.07) is 0.378. The molecule has 1 unspecified atom stereocenters. The molecular weight excluding hydrogens is 330 g/mol. The maximum Gasteiger partial charge on any atom is 0.410 e. The van der Waals surface area contributed by atoms with E-state index in [1.54, 1.807) is 6.92 Å². The lowest BCUT2D eigenvalue weighted by Crippen LogP contribution is -2.52. The summed E-state index contributed by atoms with van der Waals surface area (Å²) in [5.41, 5.74) is -0.509. The lowest BCUT2D eigenvalue weighted by atomic mass is 9.88. The van der Waals surface area contributed by atoms with Gasteiger partial charge in [0.05, 0.1) is 6.54 Å². The van der Waals surface area contributed by atoms with Crippen LogP contribution in [-0.4, -0.2) is 65.2 Å². The standard InChI is InChI=1S/C20H37N3O3/c1-15(2)7-10-23-14-20(26-18(23)25)8-11-22(12-9-20)16(3)13-19(5,6)21-17(4)24/h15-16H,7-14H2,1-6H3,(H,21,24). The Morgan fingerprint density at radius 1 is 1.27 bits per heavy atom. The summed E-state index contributed by atoms with van der Waals surface area (Å²) in [4.78, 5) is 27.9. The Kier molecular flexibility index (Phi) is 6.59. The van der Waals surface area contributed by atoms with E-state index >= 15 is 0 Å². The number of carbonyl (C=O) groups excluding carboxylic acids is 2. The highest BCUT2D eigenvalue weighted by Gasteiger charge is 2.47. The summed E-state index contributed by atoms with van der Waals surface area (Å²) < 4.78 is 5.82. The zero-order valence-corrected chi connectivity index (χ0v) is 17.4. The maximum absolute atomic E-state index is 12.2. The molecule has 2 rings (SSSR count). The van der Waals surface area contributed by atoms with E-state index < -0.39 is 0 Å². The van der Waals surface area contributed by atoms with Gasteiger partial charge in [-0.3, -0.25) is 4.79 Å². The third-order valence-corrected chi connectivity index (χ3v) is 5.67. The third kappa shape index (κ3) is 5.60. The number of hydrogen-bond donors (Lipinski definition) is 1. The molecule has 2 aliphatic rings. The Morgan fingerprint density at radius 2 is 1.88 bits per heavy atom. The summed E-state index contributed by atoms with van der Waals surface area (Å²) in [5, 5.41) is 3.03. The molecule has 150 valence electrons. The molecule has 0 radical (unpaired) electrons. The van der Waals surface area contributed by atoms with Crippen molar-refractivity contribution in [2.24, 2.45) is 5.92 Å². The van der Waals surface area contributed by atoms with Crippen LogP contribution in [0.25, 0.3) is 0 Å². The molecule has 0 aliphatic carbocycles. The van der Waals surface area contributed by atoms with Gasteiger partial charge in [0.25, 0.3) is 0 Å². The number of likely N-dealkylation sites (tertiary alicyclic amines) is 1. The van der Waals surface area contributed by atoms with E-state index in [2.05, 4.69) is 44.8 Å². The van der Waals surface area contributed by atoms with Crippen LogP contribution in [0.4, 0.5) is 4.79 Å². The second-order valence-corrected chi connectivity index (χ2v) is 9.31. The monoisotopic (exact) mass is 367 g/mol. The smallest absolute Gasteiger partial charge is 0.410 e. The average Bonchev–Trinajstić information content (AvgIpc) is 2.79. The van der Waals surface area contributed by atoms with Crippen LogP contribution in [0.1, 0.15) is 67.2 Å². The topological polar surface area (TPSA) is 61.9 Å². The molecular formula is C20H37N3O3. The molecule has 0 aromatic carbocycles. The predicted molar refractivity (Wildman–Crippen MR) is 103 cm³/mol. The highest BCUT2D eigenvalue weighted by atomic mass is 16.6. The zero-order chi connectivity index (χ0) is 19.5. The molecule has 2 heterocycles. The zero-order valence-electron chi connectivity index (χ0n) is 17.4. The molecule has 0 saturated carbocycles. The second-order valence-electron chi connectivity index (χ2n) is 9.31. The van der Waals surface area contributed by atoms with Crippen LogP contribution in [-0.2, 0) is 9.53 Å². The molecule has 1 spiro atoms. The summed E-state index contributed by atoms with van der Waals surface area (Å²) in [6.45, 7) is 15.7. The first-order valence-electron chi connectivity index (χ1n) is 10.0. The molecule has 2 saturated heterocycles. The van der Waals surface area contributed by atoms with E-state index in [9.17, 15) is 9.59 Å². The van der Waals surface area contributed by atoms with Crippen LogP contribution in [0, 0.1) is 5.92 Å². The maximum atomic E-state index is 12.2. The molecule has 26 heavy (non-hydrogen) atoms. The van der Waals surface area contributed by atoms with Crippen molar-refractivity contribution in [3.05, 3.63) is 0 Å². The molecule has 1 atom stereocenters. The Labute approximate surface area is 158 Å². The minimum atomic E-state index is -0.294. The lowest BCUT2D eigenvalue weighted by molar-refractivity contribution is -0.120. The van der Waals surface area contributed by atoms with Crippen molar-refractivity contribution in [1.82, 2.24) is 15.1 Å². The van der Waals surface area contributed by atoms with E-state index in [1.165, 1.54) is 0 Å². The van der Waals surface area contributed by atoms with E-state index in [1.807, 2.05) is 4.90 Å². The van der Waals surface area contributed by atoms with Crippen LogP contribution in [0.3, 0.4) is 0 Å². The van der Waals surface area contributed by atoms with Gasteiger partial charge in [0.2, 0.25) is 5.91 Å². The lowest BCUT2D eigenvalue weighted by Gasteiger charge is -2.42. The number of ether oxygens (including phenoxy) is 1. The average molecular weight is 368 g/mol. The van der Waals surface area contributed by atoms with E-state index in [4.69, 9.17) is 4.74 Å². The Hall–Kier alpha value is -1.30.